The lowest BCUT2D eigenvalue weighted by Gasteiger charge is -2.18. The Morgan fingerprint density at radius 2 is 0.460 bits per heavy atom. The summed E-state index contributed by atoms with van der Waals surface area (Å²) in [6.07, 6.45) is 11.6. The minimum absolute atomic E-state index is 0. The fourth-order valence-electron chi connectivity index (χ4n) is 19.3. The highest BCUT2D eigenvalue weighted by molar-refractivity contribution is 5.71. The molecule has 2 saturated carbocycles. The van der Waals surface area contributed by atoms with E-state index in [4.69, 9.17) is 4.24 Å². The molecular formula is C114H133N10+5. The topological polar surface area (TPSA) is 98.3 Å². The van der Waals surface area contributed by atoms with Crippen LogP contribution < -0.4 is 22.8 Å². The Balaban J connectivity index is 0.000000138. The van der Waals surface area contributed by atoms with Gasteiger partial charge in [-0.05, 0) is 243 Å². The van der Waals surface area contributed by atoms with E-state index in [1.165, 1.54) is 192 Å². The zero-order chi connectivity index (χ0) is 91.4. The van der Waals surface area contributed by atoms with Gasteiger partial charge in [-0.2, -0.15) is 22.8 Å². The highest BCUT2D eigenvalue weighted by Crippen LogP contribution is 2.40. The van der Waals surface area contributed by atoms with E-state index in [1.807, 2.05) is 32.0 Å². The van der Waals surface area contributed by atoms with Crippen LogP contribution in [0, 0.1) is 152 Å². The Hall–Kier alpha value is -12.5. The number of nitrogens with one attached hydrogen (secondary N) is 5. The molecule has 5 heterocycles. The quantitative estimate of drug-likeness (QED) is 0.0711. The molecule has 0 radical (unpaired) electrons. The van der Waals surface area contributed by atoms with Crippen LogP contribution in [0.1, 0.15) is 206 Å². The smallest absolute Gasteiger partial charge is 0.240 e. The molecule has 2 aliphatic rings. The van der Waals surface area contributed by atoms with Gasteiger partial charge < -0.3 is 0 Å². The first-order valence-corrected chi connectivity index (χ1v) is 44.9. The third-order valence-corrected chi connectivity index (χ3v) is 26.3. The van der Waals surface area contributed by atoms with Gasteiger partial charge in [-0.25, -0.2) is 24.9 Å². The van der Waals surface area contributed by atoms with Gasteiger partial charge in [-0.3, -0.25) is 0 Å². The van der Waals surface area contributed by atoms with E-state index >= 15 is 0 Å². The Morgan fingerprint density at radius 3 is 0.782 bits per heavy atom. The second-order valence-corrected chi connectivity index (χ2v) is 35.1. The lowest BCUT2D eigenvalue weighted by Crippen LogP contribution is -2.36. The number of aromatic nitrogens is 10. The lowest BCUT2D eigenvalue weighted by molar-refractivity contribution is -0.590. The Kier molecular flexibility index (Phi) is 25.6. The Bertz CT molecular complexity index is 6520. The molecule has 0 amide bonds. The number of hydrogen-bond acceptors (Lipinski definition) is 0. The maximum atomic E-state index is 9.19. The van der Waals surface area contributed by atoms with Crippen LogP contribution in [-0.4, -0.2) is 24.9 Å². The fraction of sp³-hybridized carbons (Fsp3) is 0.289. The van der Waals surface area contributed by atoms with Crippen molar-refractivity contribution >= 4 is 0 Å². The van der Waals surface area contributed by atoms with Crippen molar-refractivity contribution in [1.82, 2.24) is 24.9 Å². The van der Waals surface area contributed by atoms with E-state index in [9.17, 15) is 1.41 Å². The van der Waals surface area contributed by atoms with E-state index < -0.39 is 0 Å². The van der Waals surface area contributed by atoms with Gasteiger partial charge in [-0.1, -0.05) is 244 Å². The van der Waals surface area contributed by atoms with E-state index in [-0.39, 0.29) is 1.43 Å². The molecule has 5 aromatic heterocycles. The third kappa shape index (κ3) is 18.0. The largest absolute Gasteiger partial charge is 0.312 e. The third-order valence-electron chi connectivity index (χ3n) is 26.3. The van der Waals surface area contributed by atoms with Gasteiger partial charge >= 0.3 is 5.65 Å². The van der Waals surface area contributed by atoms with Crippen LogP contribution in [0.5, 0.6) is 0 Å². The van der Waals surface area contributed by atoms with Crippen LogP contribution in [0.2, 0.25) is 5.65 Å². The maximum absolute atomic E-state index is 9.19. The summed E-state index contributed by atoms with van der Waals surface area (Å²) in [7, 11) is 0. The van der Waals surface area contributed by atoms with Crippen LogP contribution >= 0.6 is 0 Å². The van der Waals surface area contributed by atoms with Crippen molar-refractivity contribution in [2.75, 3.05) is 0 Å². The lowest BCUT2D eigenvalue weighted by atomic mass is 9.86. The summed E-state index contributed by atoms with van der Waals surface area (Å²) in [5, 5.41) is 0. The molecule has 11 aromatic carbocycles. The maximum Gasteiger partial charge on any atom is 0.312 e. The molecule has 0 atom stereocenters. The molecule has 2 aliphatic carbocycles. The van der Waals surface area contributed by atoms with Crippen LogP contribution in [0.15, 0.2) is 243 Å². The average molecular weight is 1650 g/mol. The SMILES string of the molecule is Cc1ccccc1-[n+]1c(-c2c(C)cccc2C)[nH]c(C2CCCC2)c1C.[2HH].[2H]n1c(-c2ccccc2)c(C)[n+](-c2ccccc2C)c1-c1c(C)cccc1C.[2H]n1c(C)c(C)[n+](-c2ccccc2C)c1-c1c(C)cccc1C.[2H]n1c(C)c(C)[n+](-c2ccccc2C)c1-c1c(C)cccc1C.[2H]n1c(C2CCCCC2)c(C)[n+](-c2ccccc2C)c1-c1c(C)cccc1C. The van der Waals surface area contributed by atoms with Crippen LogP contribution in [0.25, 0.3) is 96.6 Å². The molecule has 10 nitrogen and oxygen atoms in total. The van der Waals surface area contributed by atoms with Gasteiger partial charge in [-0.15, -0.1) is 0 Å². The molecule has 18 rings (SSSR count). The van der Waals surface area contributed by atoms with Gasteiger partial charge in [0, 0.05) is 67.3 Å². The van der Waals surface area contributed by atoms with Crippen molar-refractivity contribution in [2.45, 2.75) is 222 Å². The summed E-state index contributed by atoms with van der Waals surface area (Å²) in [5.74, 6) is 6.11. The molecule has 0 aliphatic heterocycles. The van der Waals surface area contributed by atoms with Crippen molar-refractivity contribution < 1.29 is 29.9 Å². The van der Waals surface area contributed by atoms with E-state index in [2.05, 4.69) is 391 Å². The molecular weight excluding hydrogens is 1510 g/mol. The summed E-state index contributed by atoms with van der Waals surface area (Å²) in [6, 6.07) is 84.5. The average Bonchev–Trinajstić information content (AvgIpc) is 1.70. The first-order chi connectivity index (χ1) is 61.4. The fourth-order valence-corrected chi connectivity index (χ4v) is 19.3. The number of H-pyrrole nitrogens is 5. The molecule has 0 spiro atoms. The van der Waals surface area contributed by atoms with Crippen molar-refractivity contribution in [3.8, 4) is 96.6 Å². The predicted molar refractivity (Wildman–Crippen MR) is 518 cm³/mol. The van der Waals surface area contributed by atoms with Crippen molar-refractivity contribution in [3.63, 3.8) is 0 Å². The summed E-state index contributed by atoms with van der Waals surface area (Å²) in [5.41, 5.74) is 42.5. The monoisotopic (exact) mass is 1650 g/mol. The summed E-state index contributed by atoms with van der Waals surface area (Å²) < 4.78 is 46.9. The predicted octanol–water partition coefficient (Wildman–Crippen LogP) is 27.2. The first kappa shape index (κ1) is 82.4. The molecule has 16 aromatic rings. The second kappa shape index (κ2) is 38.5. The number of aryl methyl sites for hydroxylation is 15. The number of aromatic amines is 5. The number of benzene rings is 11. The zero-order valence-electron chi connectivity index (χ0n) is 81.6. The molecule has 5 N–H and O–H groups in total. The van der Waals surface area contributed by atoms with Crippen molar-refractivity contribution in [3.05, 3.63) is 377 Å². The molecule has 2 fully saturated rings. The van der Waals surface area contributed by atoms with Gasteiger partial charge in [0.25, 0.3) is 29.1 Å². The zero-order valence-corrected chi connectivity index (χ0v) is 77.6. The van der Waals surface area contributed by atoms with Crippen molar-refractivity contribution in [2.24, 2.45) is 0 Å². The normalized spacial score (nSPS) is 13.2. The number of imidazole rings is 5. The molecule has 10 heteroatoms. The van der Waals surface area contributed by atoms with Gasteiger partial charge in [0.1, 0.15) is 74.0 Å². The number of nitrogens with zero attached hydrogens (tertiary/aromatic N) is 5. The standard InChI is InChI=1S/C25H30N2.C25H24N2.C24H28N2.2C20H22N2.H2/c2*1-17-11-8-9-16-22(17)27-20(4)24(21-14-6-5-7-15-21)26-25(27)23-18(2)12-10-13-19(23)3;1-16-10-5-8-15-21(16)26-19(4)23(20-13-6-7-14-20)25-24(26)22-17(2)11-9-12-18(22)3;2*1-13-9-6-7-12-18(13)22-17(5)16(4)21-20(22)19-14(2)10-8-11-15(19)3;/h8-13,16,21H,5-7,14-15H2,1-4H3;5-16H,1-4H3;5,8-12,15,20H,6-7,13-14H2,1-4H3;2*6-12H,1-5H3;1H/p+5/i;;;;;1+1/hD4. The molecule has 0 unspecified atom stereocenters. The number of hydrogen-bond donors (Lipinski definition) is 5. The van der Waals surface area contributed by atoms with Gasteiger partial charge in [0.2, 0.25) is 0 Å². The van der Waals surface area contributed by atoms with Gasteiger partial charge in [0.15, 0.2) is 11.4 Å². The van der Waals surface area contributed by atoms with Crippen LogP contribution in [0.3, 0.4) is 0 Å². The van der Waals surface area contributed by atoms with Crippen LogP contribution in [-0.2, 0) is 0 Å². The number of para-hydroxylation sites is 5. The van der Waals surface area contributed by atoms with E-state index in [0.717, 1.165) is 96.8 Å². The van der Waals surface area contributed by atoms with Gasteiger partial charge in [0.05, 0.1) is 27.8 Å². The highest BCUT2D eigenvalue weighted by Gasteiger charge is 2.37. The van der Waals surface area contributed by atoms with E-state index in [1.54, 1.807) is 19.9 Å². The summed E-state index contributed by atoms with van der Waals surface area (Å²) >= 11 is 0. The summed E-state index contributed by atoms with van der Waals surface area (Å²) in [6.45, 7) is 47.0. The first-order valence-electron chi connectivity index (χ1n) is 46.7. The van der Waals surface area contributed by atoms with E-state index in [0.29, 0.717) is 11.8 Å². The van der Waals surface area contributed by atoms with Crippen LogP contribution in [0.4, 0.5) is 0 Å². The van der Waals surface area contributed by atoms with Crippen molar-refractivity contribution in [1.29, 1.82) is 0 Å². The molecule has 0 saturated heterocycles. The molecule has 0 bridgehead atoms. The second-order valence-electron chi connectivity index (χ2n) is 35.1. The molecule has 124 heavy (non-hydrogen) atoms. The molecule has 634 valence electrons. The highest BCUT2D eigenvalue weighted by atomic mass is 15.1. The minimum atomic E-state index is 0. The summed E-state index contributed by atoms with van der Waals surface area (Å²) in [4.78, 5) is 10.4. The number of rotatable bonds is 13. The Morgan fingerprint density at radius 1 is 0.226 bits per heavy atom. The Labute approximate surface area is 746 Å². The minimum Gasteiger partial charge on any atom is -0.240 e.